The Labute approximate surface area is 141 Å². The molecule has 0 spiro atoms. The van der Waals surface area contributed by atoms with E-state index >= 15 is 0 Å². The molecule has 1 aliphatic heterocycles. The molecule has 1 fully saturated rings. The molecule has 0 radical (unpaired) electrons. The molecule has 4 rings (SSSR count). The Morgan fingerprint density at radius 1 is 1.00 bits per heavy atom. The summed E-state index contributed by atoms with van der Waals surface area (Å²) in [5.74, 6) is -0.114. The summed E-state index contributed by atoms with van der Waals surface area (Å²) in [5, 5.41) is 4.90. The van der Waals surface area contributed by atoms with E-state index in [2.05, 4.69) is 54.6 Å². The van der Waals surface area contributed by atoms with E-state index in [9.17, 15) is 4.79 Å². The Balaban J connectivity index is 1.67. The summed E-state index contributed by atoms with van der Waals surface area (Å²) >= 11 is 0. The maximum Gasteiger partial charge on any atom is 0.305 e. The maximum absolute atomic E-state index is 11.4. The van der Waals surface area contributed by atoms with Crippen molar-refractivity contribution in [1.29, 1.82) is 0 Å². The van der Waals surface area contributed by atoms with Gasteiger partial charge in [0.25, 0.3) is 0 Å². The van der Waals surface area contributed by atoms with Gasteiger partial charge in [0.05, 0.1) is 12.7 Å². The van der Waals surface area contributed by atoms with Crippen LogP contribution in [0, 0.1) is 0 Å². The monoisotopic (exact) mass is 320 g/mol. The van der Waals surface area contributed by atoms with Gasteiger partial charge in [-0.05, 0) is 46.0 Å². The number of rotatable bonds is 3. The van der Waals surface area contributed by atoms with Crippen molar-refractivity contribution in [3.05, 3.63) is 60.2 Å². The smallest absolute Gasteiger partial charge is 0.305 e. The molecule has 3 heteroatoms. The summed E-state index contributed by atoms with van der Waals surface area (Å²) in [5.41, 5.74) is 1.21. The molecule has 1 aliphatic rings. The van der Waals surface area contributed by atoms with Crippen molar-refractivity contribution in [3.8, 4) is 0 Å². The third-order valence-corrected chi connectivity index (χ3v) is 4.68. The minimum absolute atomic E-state index is 0.0193. The second kappa shape index (κ2) is 6.62. The maximum atomic E-state index is 11.4. The van der Waals surface area contributed by atoms with E-state index in [0.29, 0.717) is 19.6 Å². The molecule has 122 valence electrons. The van der Waals surface area contributed by atoms with Crippen LogP contribution in [-0.2, 0) is 20.9 Å². The summed E-state index contributed by atoms with van der Waals surface area (Å²) in [6.45, 7) is 0.894. The number of ether oxygens (including phenoxy) is 2. The van der Waals surface area contributed by atoms with E-state index in [1.807, 2.05) is 0 Å². The van der Waals surface area contributed by atoms with E-state index in [4.69, 9.17) is 9.47 Å². The van der Waals surface area contributed by atoms with Crippen molar-refractivity contribution in [2.75, 3.05) is 6.61 Å². The van der Waals surface area contributed by atoms with Gasteiger partial charge in [-0.2, -0.15) is 0 Å². The molecule has 0 aromatic heterocycles. The van der Waals surface area contributed by atoms with Crippen LogP contribution in [0.5, 0.6) is 0 Å². The first-order chi connectivity index (χ1) is 11.8. The summed E-state index contributed by atoms with van der Waals surface area (Å²) < 4.78 is 11.4. The summed E-state index contributed by atoms with van der Waals surface area (Å²) in [6.07, 6.45) is 2.18. The van der Waals surface area contributed by atoms with Crippen LogP contribution in [-0.4, -0.2) is 18.7 Å². The molecular weight excluding hydrogens is 300 g/mol. The van der Waals surface area contributed by atoms with Gasteiger partial charge in [-0.25, -0.2) is 0 Å². The fourth-order valence-corrected chi connectivity index (χ4v) is 3.41. The Kier molecular flexibility index (Phi) is 4.18. The Hall–Kier alpha value is -2.39. The average molecular weight is 320 g/mol. The van der Waals surface area contributed by atoms with Crippen LogP contribution in [0.2, 0.25) is 0 Å². The van der Waals surface area contributed by atoms with Gasteiger partial charge in [0.1, 0.15) is 6.61 Å². The lowest BCUT2D eigenvalue weighted by Crippen LogP contribution is -2.18. The predicted octanol–water partition coefficient (Wildman–Crippen LogP) is 4.61. The number of carbonyl (C=O) groups is 1. The largest absolute Gasteiger partial charge is 0.463 e. The first kappa shape index (κ1) is 15.2. The SMILES string of the molecule is O=C1CCCC(OCc2c3ccccc3cc3ccccc23)CO1. The van der Waals surface area contributed by atoms with Crippen LogP contribution in [0.4, 0.5) is 0 Å². The average Bonchev–Trinajstić information content (AvgIpc) is 2.83. The lowest BCUT2D eigenvalue weighted by Gasteiger charge is -2.17. The van der Waals surface area contributed by atoms with Crippen LogP contribution in [0.3, 0.4) is 0 Å². The molecule has 3 aromatic carbocycles. The second-order valence-corrected chi connectivity index (χ2v) is 6.31. The molecule has 24 heavy (non-hydrogen) atoms. The van der Waals surface area contributed by atoms with Gasteiger partial charge in [-0.3, -0.25) is 4.79 Å². The Bertz CT molecular complexity index is 831. The lowest BCUT2D eigenvalue weighted by molar-refractivity contribution is -0.145. The van der Waals surface area contributed by atoms with Gasteiger partial charge in [-0.15, -0.1) is 0 Å². The molecule has 1 heterocycles. The van der Waals surface area contributed by atoms with E-state index in [-0.39, 0.29) is 12.1 Å². The van der Waals surface area contributed by atoms with Crippen LogP contribution < -0.4 is 0 Å². The van der Waals surface area contributed by atoms with Gasteiger partial charge in [0.2, 0.25) is 0 Å². The number of carbonyl (C=O) groups excluding carboxylic acids is 1. The first-order valence-corrected chi connectivity index (χ1v) is 8.48. The molecule has 1 unspecified atom stereocenters. The molecule has 0 aliphatic carbocycles. The number of esters is 1. The highest BCUT2D eigenvalue weighted by Crippen LogP contribution is 2.29. The van der Waals surface area contributed by atoms with Crippen LogP contribution in [0.25, 0.3) is 21.5 Å². The minimum Gasteiger partial charge on any atom is -0.463 e. The third kappa shape index (κ3) is 3.00. The quantitative estimate of drug-likeness (QED) is 0.522. The van der Waals surface area contributed by atoms with Crippen LogP contribution in [0.1, 0.15) is 24.8 Å². The number of benzene rings is 3. The molecule has 0 N–H and O–H groups in total. The molecule has 0 bridgehead atoms. The van der Waals surface area contributed by atoms with Gasteiger partial charge in [0.15, 0.2) is 0 Å². The molecule has 1 atom stereocenters. The first-order valence-electron chi connectivity index (χ1n) is 8.48. The molecule has 0 saturated carbocycles. The fourth-order valence-electron chi connectivity index (χ4n) is 3.41. The van der Waals surface area contributed by atoms with Gasteiger partial charge in [0, 0.05) is 6.42 Å². The van der Waals surface area contributed by atoms with Crippen molar-refractivity contribution in [2.45, 2.75) is 32.0 Å². The van der Waals surface area contributed by atoms with E-state index in [1.54, 1.807) is 0 Å². The van der Waals surface area contributed by atoms with Crippen LogP contribution >= 0.6 is 0 Å². The van der Waals surface area contributed by atoms with Crippen molar-refractivity contribution in [1.82, 2.24) is 0 Å². The van der Waals surface area contributed by atoms with Crippen molar-refractivity contribution in [3.63, 3.8) is 0 Å². The molecular formula is C21H20O3. The van der Waals surface area contributed by atoms with E-state index in [0.717, 1.165) is 12.8 Å². The zero-order valence-corrected chi connectivity index (χ0v) is 13.5. The molecule has 1 saturated heterocycles. The summed E-state index contributed by atoms with van der Waals surface area (Å²) in [7, 11) is 0. The minimum atomic E-state index is -0.114. The standard InChI is InChI=1S/C21H20O3/c22-21-11-5-8-17(13-24-21)23-14-20-18-9-3-1-6-15(18)12-16-7-2-4-10-19(16)20/h1-4,6-7,9-10,12,17H,5,8,11,13-14H2. The number of cyclic esters (lactones) is 1. The molecule has 3 nitrogen and oxygen atoms in total. The number of hydrogen-bond donors (Lipinski definition) is 0. The molecule has 0 amide bonds. The van der Waals surface area contributed by atoms with Gasteiger partial charge < -0.3 is 9.47 Å². The Morgan fingerprint density at radius 3 is 2.38 bits per heavy atom. The summed E-state index contributed by atoms with van der Waals surface area (Å²) in [4.78, 5) is 11.4. The lowest BCUT2D eigenvalue weighted by atomic mass is 9.97. The zero-order chi connectivity index (χ0) is 16.4. The van der Waals surface area contributed by atoms with Crippen molar-refractivity contribution in [2.24, 2.45) is 0 Å². The van der Waals surface area contributed by atoms with E-state index < -0.39 is 0 Å². The normalized spacial score (nSPS) is 18.5. The van der Waals surface area contributed by atoms with Gasteiger partial charge in [-0.1, -0.05) is 48.5 Å². The Morgan fingerprint density at radius 2 is 1.67 bits per heavy atom. The summed E-state index contributed by atoms with van der Waals surface area (Å²) in [6, 6.07) is 19.0. The highest BCUT2D eigenvalue weighted by molar-refractivity contribution is 6.02. The third-order valence-electron chi connectivity index (χ3n) is 4.68. The molecule has 3 aromatic rings. The second-order valence-electron chi connectivity index (χ2n) is 6.31. The number of hydrogen-bond acceptors (Lipinski definition) is 3. The van der Waals surface area contributed by atoms with E-state index in [1.165, 1.54) is 27.1 Å². The highest BCUT2D eigenvalue weighted by Gasteiger charge is 2.18. The van der Waals surface area contributed by atoms with Crippen molar-refractivity contribution < 1.29 is 14.3 Å². The fraction of sp³-hybridized carbons (Fsp3) is 0.286. The predicted molar refractivity (Wildman–Crippen MR) is 94.8 cm³/mol. The van der Waals surface area contributed by atoms with Gasteiger partial charge >= 0.3 is 5.97 Å². The van der Waals surface area contributed by atoms with Crippen LogP contribution in [0.15, 0.2) is 54.6 Å². The topological polar surface area (TPSA) is 35.5 Å². The number of fused-ring (bicyclic) bond motifs is 2. The van der Waals surface area contributed by atoms with Crippen molar-refractivity contribution >= 4 is 27.5 Å². The zero-order valence-electron chi connectivity index (χ0n) is 13.5. The highest BCUT2D eigenvalue weighted by atomic mass is 16.6.